The molecule has 0 spiro atoms. The number of amides is 1. The third-order valence-corrected chi connectivity index (χ3v) is 6.34. The highest BCUT2D eigenvalue weighted by molar-refractivity contribution is 6.00. The molecule has 1 amide bonds. The number of benzene rings is 2. The van der Waals surface area contributed by atoms with Gasteiger partial charge in [0.25, 0.3) is 5.91 Å². The maximum Gasteiger partial charge on any atom is 0.254 e. The maximum atomic E-state index is 13.4. The lowest BCUT2D eigenvalue weighted by Crippen LogP contribution is -2.31. The number of oxime groups is 1. The zero-order chi connectivity index (χ0) is 21.9. The van der Waals surface area contributed by atoms with Crippen LogP contribution in [-0.2, 0) is 4.84 Å². The first-order chi connectivity index (χ1) is 15.7. The SMILES string of the molecule is CON=C1C[C@@H](c2noc(C3CCCC3)n2)N(C(=O)c2ccc(-c3ccccc3)cc2)C1. The smallest absolute Gasteiger partial charge is 0.254 e. The van der Waals surface area contributed by atoms with Gasteiger partial charge in [-0.2, -0.15) is 4.98 Å². The number of hydrogen-bond acceptors (Lipinski definition) is 6. The third-order valence-electron chi connectivity index (χ3n) is 6.34. The summed E-state index contributed by atoms with van der Waals surface area (Å²) < 4.78 is 5.58. The molecule has 1 saturated heterocycles. The van der Waals surface area contributed by atoms with E-state index in [0.717, 1.165) is 29.7 Å². The lowest BCUT2D eigenvalue weighted by atomic mass is 10.0. The van der Waals surface area contributed by atoms with Gasteiger partial charge in [-0.3, -0.25) is 4.79 Å². The lowest BCUT2D eigenvalue weighted by Gasteiger charge is -2.21. The molecule has 0 bridgehead atoms. The highest BCUT2D eigenvalue weighted by Gasteiger charge is 2.38. The van der Waals surface area contributed by atoms with Crippen molar-refractivity contribution in [2.24, 2.45) is 5.16 Å². The first kappa shape index (κ1) is 20.4. The molecule has 7 heteroatoms. The Morgan fingerprint density at radius 2 is 1.78 bits per heavy atom. The second-order valence-corrected chi connectivity index (χ2v) is 8.41. The molecule has 1 saturated carbocycles. The molecule has 1 aromatic heterocycles. The van der Waals surface area contributed by atoms with Crippen LogP contribution in [0.3, 0.4) is 0 Å². The van der Waals surface area contributed by atoms with Gasteiger partial charge in [-0.05, 0) is 36.1 Å². The second-order valence-electron chi connectivity index (χ2n) is 8.41. The molecule has 5 rings (SSSR count). The van der Waals surface area contributed by atoms with Crippen LogP contribution in [0.25, 0.3) is 11.1 Å². The fourth-order valence-corrected chi connectivity index (χ4v) is 4.67. The van der Waals surface area contributed by atoms with E-state index in [1.54, 1.807) is 4.90 Å². The fourth-order valence-electron chi connectivity index (χ4n) is 4.67. The highest BCUT2D eigenvalue weighted by Crippen LogP contribution is 2.36. The van der Waals surface area contributed by atoms with Gasteiger partial charge in [0.05, 0.1) is 12.3 Å². The normalized spacial score (nSPS) is 20.2. The van der Waals surface area contributed by atoms with Crippen molar-refractivity contribution in [2.45, 2.75) is 44.1 Å². The zero-order valence-electron chi connectivity index (χ0n) is 18.1. The van der Waals surface area contributed by atoms with Crippen molar-refractivity contribution in [1.29, 1.82) is 0 Å². The molecule has 0 radical (unpaired) electrons. The first-order valence-electron chi connectivity index (χ1n) is 11.1. The van der Waals surface area contributed by atoms with Gasteiger partial charge in [0.15, 0.2) is 5.82 Å². The average molecular weight is 431 g/mol. The highest BCUT2D eigenvalue weighted by atomic mass is 16.6. The van der Waals surface area contributed by atoms with Crippen LogP contribution in [0.1, 0.15) is 66.1 Å². The number of carbonyl (C=O) groups excluding carboxylic acids is 1. The fraction of sp³-hybridized carbons (Fsp3) is 0.360. The first-order valence-corrected chi connectivity index (χ1v) is 11.1. The van der Waals surface area contributed by atoms with Crippen molar-refractivity contribution in [2.75, 3.05) is 13.7 Å². The van der Waals surface area contributed by atoms with E-state index in [4.69, 9.17) is 9.36 Å². The van der Waals surface area contributed by atoms with Gasteiger partial charge in [0.2, 0.25) is 5.89 Å². The number of carbonyl (C=O) groups is 1. The van der Waals surface area contributed by atoms with E-state index in [2.05, 4.69) is 27.4 Å². The minimum absolute atomic E-state index is 0.0804. The maximum absolute atomic E-state index is 13.4. The minimum Gasteiger partial charge on any atom is -0.399 e. The Bertz CT molecular complexity index is 1100. The molecule has 3 aromatic rings. The van der Waals surface area contributed by atoms with E-state index in [-0.39, 0.29) is 11.9 Å². The summed E-state index contributed by atoms with van der Waals surface area (Å²) >= 11 is 0. The van der Waals surface area contributed by atoms with Crippen LogP contribution >= 0.6 is 0 Å². The van der Waals surface area contributed by atoms with Gasteiger partial charge < -0.3 is 14.3 Å². The Labute approximate surface area is 187 Å². The summed E-state index contributed by atoms with van der Waals surface area (Å²) in [6, 6.07) is 17.5. The third kappa shape index (κ3) is 4.02. The molecule has 0 unspecified atom stereocenters. The number of likely N-dealkylation sites (tertiary alicyclic amines) is 1. The molecule has 0 N–H and O–H groups in total. The van der Waals surface area contributed by atoms with Crippen LogP contribution in [0.15, 0.2) is 64.3 Å². The summed E-state index contributed by atoms with van der Waals surface area (Å²) in [5.74, 6) is 1.49. The van der Waals surface area contributed by atoms with Crippen LogP contribution < -0.4 is 0 Å². The van der Waals surface area contributed by atoms with Gasteiger partial charge in [-0.15, -0.1) is 0 Å². The Morgan fingerprint density at radius 3 is 2.50 bits per heavy atom. The number of nitrogens with zero attached hydrogens (tertiary/aromatic N) is 4. The monoisotopic (exact) mass is 430 g/mol. The topological polar surface area (TPSA) is 80.8 Å². The van der Waals surface area contributed by atoms with Gasteiger partial charge in [-0.1, -0.05) is 65.6 Å². The molecular weight excluding hydrogens is 404 g/mol. The Hall–Kier alpha value is -3.48. The van der Waals surface area contributed by atoms with E-state index in [1.165, 1.54) is 20.0 Å². The number of rotatable bonds is 5. The summed E-state index contributed by atoms with van der Waals surface area (Å²) in [5.41, 5.74) is 3.60. The van der Waals surface area contributed by atoms with E-state index in [1.807, 2.05) is 42.5 Å². The quantitative estimate of drug-likeness (QED) is 0.533. The Balaban J connectivity index is 1.39. The molecule has 2 aromatic carbocycles. The van der Waals surface area contributed by atoms with Crippen molar-refractivity contribution >= 4 is 11.6 Å². The predicted octanol–water partition coefficient (Wildman–Crippen LogP) is 4.98. The number of hydrogen-bond donors (Lipinski definition) is 0. The number of aromatic nitrogens is 2. The molecule has 1 aliphatic carbocycles. The second kappa shape index (κ2) is 8.94. The van der Waals surface area contributed by atoms with Gasteiger partial charge in [0.1, 0.15) is 13.2 Å². The molecule has 164 valence electrons. The summed E-state index contributed by atoms with van der Waals surface area (Å²) in [7, 11) is 1.52. The van der Waals surface area contributed by atoms with E-state index < -0.39 is 0 Å². The average Bonchev–Trinajstić information content (AvgIpc) is 3.60. The van der Waals surface area contributed by atoms with Crippen molar-refractivity contribution in [3.05, 3.63) is 71.9 Å². The molecule has 32 heavy (non-hydrogen) atoms. The molecular formula is C25H26N4O3. The molecule has 2 aliphatic rings. The van der Waals surface area contributed by atoms with Crippen LogP contribution in [0, 0.1) is 0 Å². The summed E-state index contributed by atoms with van der Waals surface area (Å²) in [6.07, 6.45) is 5.09. The van der Waals surface area contributed by atoms with Crippen LogP contribution in [-0.4, -0.2) is 40.3 Å². The zero-order valence-corrected chi connectivity index (χ0v) is 18.1. The molecule has 2 fully saturated rings. The van der Waals surface area contributed by atoms with E-state index >= 15 is 0 Å². The van der Waals surface area contributed by atoms with Crippen LogP contribution in [0.5, 0.6) is 0 Å². The van der Waals surface area contributed by atoms with Crippen molar-refractivity contribution in [1.82, 2.24) is 15.0 Å². The summed E-state index contributed by atoms with van der Waals surface area (Å²) in [5, 5.41) is 8.34. The largest absolute Gasteiger partial charge is 0.399 e. The standard InChI is InChI=1S/C25H26N4O3/c1-31-27-21-15-22(23-26-24(32-28-23)19-9-5-6-10-19)29(16-21)25(30)20-13-11-18(12-14-20)17-7-3-2-4-8-17/h2-4,7-8,11-14,19,22H,5-6,9-10,15-16H2,1H3/t22-/m0/s1. The Morgan fingerprint density at radius 1 is 1.06 bits per heavy atom. The van der Waals surface area contributed by atoms with E-state index in [0.29, 0.717) is 36.2 Å². The molecule has 1 aliphatic heterocycles. The lowest BCUT2D eigenvalue weighted by molar-refractivity contribution is 0.0732. The van der Waals surface area contributed by atoms with Crippen molar-refractivity contribution in [3.63, 3.8) is 0 Å². The van der Waals surface area contributed by atoms with Crippen LogP contribution in [0.2, 0.25) is 0 Å². The van der Waals surface area contributed by atoms with Gasteiger partial charge in [-0.25, -0.2) is 0 Å². The molecule has 2 heterocycles. The summed E-state index contributed by atoms with van der Waals surface area (Å²) in [6.45, 7) is 0.380. The molecule has 7 nitrogen and oxygen atoms in total. The van der Waals surface area contributed by atoms with Crippen molar-refractivity contribution < 1.29 is 14.2 Å². The van der Waals surface area contributed by atoms with Gasteiger partial charge in [0, 0.05) is 17.9 Å². The minimum atomic E-state index is -0.316. The Kier molecular flexibility index (Phi) is 5.71. The molecule has 1 atom stereocenters. The predicted molar refractivity (Wildman–Crippen MR) is 120 cm³/mol. The van der Waals surface area contributed by atoms with Crippen molar-refractivity contribution in [3.8, 4) is 11.1 Å². The van der Waals surface area contributed by atoms with Crippen LogP contribution in [0.4, 0.5) is 0 Å². The van der Waals surface area contributed by atoms with Gasteiger partial charge >= 0.3 is 0 Å². The van der Waals surface area contributed by atoms with E-state index in [9.17, 15) is 4.79 Å². The summed E-state index contributed by atoms with van der Waals surface area (Å²) in [4.78, 5) is 24.9.